The van der Waals surface area contributed by atoms with Gasteiger partial charge in [0.15, 0.2) is 0 Å². The zero-order valence-electron chi connectivity index (χ0n) is 15.5. The minimum atomic E-state index is -0.732. The summed E-state index contributed by atoms with van der Waals surface area (Å²) in [4.78, 5) is 10.7. The molecule has 3 heteroatoms. The highest BCUT2D eigenvalue weighted by Crippen LogP contribution is 2.14. The first-order valence-corrected chi connectivity index (χ1v) is 9.57. The highest BCUT2D eigenvalue weighted by Gasteiger charge is 2.10. The van der Waals surface area contributed by atoms with Crippen molar-refractivity contribution in [3.63, 3.8) is 0 Å². The summed E-state index contributed by atoms with van der Waals surface area (Å²) in [7, 11) is 0. The summed E-state index contributed by atoms with van der Waals surface area (Å²) in [5, 5.41) is 8.77. The van der Waals surface area contributed by atoms with Crippen LogP contribution in [-0.4, -0.2) is 17.6 Å². The van der Waals surface area contributed by atoms with Crippen molar-refractivity contribution in [2.45, 2.75) is 77.6 Å². The summed E-state index contributed by atoms with van der Waals surface area (Å²) in [6.07, 6.45) is 24.9. The van der Waals surface area contributed by atoms with Crippen LogP contribution in [-0.2, 0) is 4.79 Å². The molecule has 138 valence electrons. The van der Waals surface area contributed by atoms with E-state index in [0.29, 0.717) is 6.54 Å². The first-order valence-electron chi connectivity index (χ1n) is 9.57. The Balaban J connectivity index is 3.39. The standard InChI is InChI=1S/C21H37NO2/c1-2-3-4-5-6-7-8-9-10-11-12-13-14-15-16-17-20(19-22)18-21(23)24/h3-4,6-7,9-10,20H,2,5,8,11-19,22H2,1H3,(H,23,24). The van der Waals surface area contributed by atoms with E-state index >= 15 is 0 Å². The fraction of sp³-hybridized carbons (Fsp3) is 0.667. The predicted molar refractivity (Wildman–Crippen MR) is 104 cm³/mol. The van der Waals surface area contributed by atoms with Crippen molar-refractivity contribution in [2.24, 2.45) is 11.7 Å². The number of carboxylic acids is 1. The van der Waals surface area contributed by atoms with Gasteiger partial charge in [-0.05, 0) is 51.0 Å². The number of unbranched alkanes of at least 4 members (excludes halogenated alkanes) is 5. The smallest absolute Gasteiger partial charge is 0.303 e. The molecular weight excluding hydrogens is 298 g/mol. The number of hydrogen-bond acceptors (Lipinski definition) is 2. The van der Waals surface area contributed by atoms with E-state index in [4.69, 9.17) is 10.8 Å². The van der Waals surface area contributed by atoms with Crippen LogP contribution in [0.2, 0.25) is 0 Å². The highest BCUT2D eigenvalue weighted by atomic mass is 16.4. The van der Waals surface area contributed by atoms with Gasteiger partial charge >= 0.3 is 5.97 Å². The molecule has 0 saturated carbocycles. The number of allylic oxidation sites excluding steroid dienone is 6. The van der Waals surface area contributed by atoms with Gasteiger partial charge in [-0.1, -0.05) is 69.1 Å². The summed E-state index contributed by atoms with van der Waals surface area (Å²) >= 11 is 0. The lowest BCUT2D eigenvalue weighted by molar-refractivity contribution is -0.138. The third kappa shape index (κ3) is 17.0. The van der Waals surface area contributed by atoms with Gasteiger partial charge in [0.25, 0.3) is 0 Å². The van der Waals surface area contributed by atoms with Crippen molar-refractivity contribution >= 4 is 5.97 Å². The van der Waals surface area contributed by atoms with Crippen LogP contribution < -0.4 is 5.73 Å². The zero-order chi connectivity index (χ0) is 17.9. The lowest BCUT2D eigenvalue weighted by Gasteiger charge is -2.11. The minimum Gasteiger partial charge on any atom is -0.481 e. The number of nitrogens with two attached hydrogens (primary N) is 1. The molecule has 24 heavy (non-hydrogen) atoms. The number of rotatable bonds is 16. The van der Waals surface area contributed by atoms with Crippen molar-refractivity contribution < 1.29 is 9.90 Å². The molecule has 3 nitrogen and oxygen atoms in total. The third-order valence-electron chi connectivity index (χ3n) is 4.06. The Kier molecular flexibility index (Phi) is 17.0. The molecule has 0 aromatic carbocycles. The number of aliphatic carboxylic acids is 1. The highest BCUT2D eigenvalue weighted by molar-refractivity contribution is 5.67. The lowest BCUT2D eigenvalue weighted by atomic mass is 9.97. The molecule has 1 atom stereocenters. The summed E-state index contributed by atoms with van der Waals surface area (Å²) < 4.78 is 0. The Labute approximate surface area is 148 Å². The predicted octanol–water partition coefficient (Wildman–Crippen LogP) is 5.63. The van der Waals surface area contributed by atoms with Crippen LogP contribution >= 0.6 is 0 Å². The van der Waals surface area contributed by atoms with Crippen molar-refractivity contribution in [1.82, 2.24) is 0 Å². The topological polar surface area (TPSA) is 63.3 Å². The molecule has 0 radical (unpaired) electrons. The number of carbonyl (C=O) groups is 1. The van der Waals surface area contributed by atoms with Crippen LogP contribution in [0.15, 0.2) is 36.5 Å². The van der Waals surface area contributed by atoms with Crippen LogP contribution in [0.3, 0.4) is 0 Å². The maximum absolute atomic E-state index is 10.7. The SMILES string of the molecule is CCC=CCC=CCC=CCCCCCCCC(CN)CC(=O)O. The fourth-order valence-corrected chi connectivity index (χ4v) is 2.60. The summed E-state index contributed by atoms with van der Waals surface area (Å²) in [6.45, 7) is 2.64. The van der Waals surface area contributed by atoms with E-state index in [9.17, 15) is 4.79 Å². The molecule has 0 bridgehead atoms. The Bertz CT molecular complexity index is 372. The van der Waals surface area contributed by atoms with Gasteiger partial charge in [0.1, 0.15) is 0 Å². The number of carboxylic acid groups (broad SMARTS) is 1. The van der Waals surface area contributed by atoms with Crippen LogP contribution in [0.5, 0.6) is 0 Å². The Morgan fingerprint density at radius 2 is 1.50 bits per heavy atom. The average Bonchev–Trinajstić information content (AvgIpc) is 2.56. The van der Waals surface area contributed by atoms with Gasteiger partial charge in [0.2, 0.25) is 0 Å². The summed E-state index contributed by atoms with van der Waals surface area (Å²) in [5.74, 6) is -0.583. The van der Waals surface area contributed by atoms with Crippen LogP contribution in [0.1, 0.15) is 77.6 Å². The third-order valence-corrected chi connectivity index (χ3v) is 4.06. The van der Waals surface area contributed by atoms with Gasteiger partial charge in [-0.25, -0.2) is 0 Å². The molecule has 0 aliphatic carbocycles. The van der Waals surface area contributed by atoms with Crippen molar-refractivity contribution in [3.05, 3.63) is 36.5 Å². The maximum atomic E-state index is 10.7. The second-order valence-corrected chi connectivity index (χ2v) is 6.34. The Morgan fingerprint density at radius 3 is 2.12 bits per heavy atom. The summed E-state index contributed by atoms with van der Waals surface area (Å²) in [6, 6.07) is 0. The van der Waals surface area contributed by atoms with E-state index in [-0.39, 0.29) is 12.3 Å². The molecule has 1 unspecified atom stereocenters. The van der Waals surface area contributed by atoms with Crippen LogP contribution in [0.4, 0.5) is 0 Å². The molecule has 0 aromatic heterocycles. The van der Waals surface area contributed by atoms with Gasteiger partial charge in [-0.15, -0.1) is 0 Å². The van der Waals surface area contributed by atoms with Crippen molar-refractivity contribution in [2.75, 3.05) is 6.54 Å². The normalized spacial score (nSPS) is 13.4. The Morgan fingerprint density at radius 1 is 0.917 bits per heavy atom. The second-order valence-electron chi connectivity index (χ2n) is 6.34. The van der Waals surface area contributed by atoms with E-state index in [1.807, 2.05) is 0 Å². The summed E-state index contributed by atoms with van der Waals surface area (Å²) in [5.41, 5.74) is 5.60. The first-order chi connectivity index (χ1) is 11.7. The van der Waals surface area contributed by atoms with E-state index in [0.717, 1.165) is 38.5 Å². The molecule has 0 aromatic rings. The van der Waals surface area contributed by atoms with Crippen LogP contribution in [0, 0.1) is 5.92 Å². The fourth-order valence-electron chi connectivity index (χ4n) is 2.60. The van der Waals surface area contributed by atoms with Gasteiger partial charge in [0, 0.05) is 6.42 Å². The van der Waals surface area contributed by atoms with Crippen molar-refractivity contribution in [1.29, 1.82) is 0 Å². The van der Waals surface area contributed by atoms with E-state index < -0.39 is 5.97 Å². The molecule has 0 spiro atoms. The molecule has 3 N–H and O–H groups in total. The van der Waals surface area contributed by atoms with E-state index in [1.54, 1.807) is 0 Å². The molecule has 0 heterocycles. The second kappa shape index (κ2) is 18.0. The number of hydrogen-bond donors (Lipinski definition) is 2. The molecule has 0 aliphatic rings. The molecule has 0 saturated heterocycles. The van der Waals surface area contributed by atoms with Crippen LogP contribution in [0.25, 0.3) is 0 Å². The van der Waals surface area contributed by atoms with Gasteiger partial charge in [-0.3, -0.25) is 4.79 Å². The quantitative estimate of drug-likeness (QED) is 0.284. The molecule has 0 amide bonds. The molecule has 0 rings (SSSR count). The Hall–Kier alpha value is -1.35. The first kappa shape index (κ1) is 22.6. The van der Waals surface area contributed by atoms with Gasteiger partial charge in [-0.2, -0.15) is 0 Å². The van der Waals surface area contributed by atoms with Gasteiger partial charge in [0.05, 0.1) is 0 Å². The van der Waals surface area contributed by atoms with E-state index in [2.05, 4.69) is 43.4 Å². The van der Waals surface area contributed by atoms with E-state index in [1.165, 1.54) is 25.7 Å². The minimum absolute atomic E-state index is 0.149. The molecular formula is C21H37NO2. The molecule has 0 fully saturated rings. The van der Waals surface area contributed by atoms with Crippen molar-refractivity contribution in [3.8, 4) is 0 Å². The largest absolute Gasteiger partial charge is 0.481 e. The molecule has 0 aliphatic heterocycles. The maximum Gasteiger partial charge on any atom is 0.303 e. The zero-order valence-corrected chi connectivity index (χ0v) is 15.5. The average molecular weight is 336 g/mol. The lowest BCUT2D eigenvalue weighted by Crippen LogP contribution is -2.17. The van der Waals surface area contributed by atoms with Gasteiger partial charge < -0.3 is 10.8 Å². The monoisotopic (exact) mass is 335 g/mol.